The number of nitrogens with zero attached hydrogens (tertiary/aromatic N) is 5. The van der Waals surface area contributed by atoms with Crippen molar-refractivity contribution in [3.63, 3.8) is 0 Å². The minimum atomic E-state index is -0.397. The van der Waals surface area contributed by atoms with E-state index < -0.39 is 5.82 Å². The summed E-state index contributed by atoms with van der Waals surface area (Å²) in [6.45, 7) is 3.21. The normalized spacial score (nSPS) is 11.5. The van der Waals surface area contributed by atoms with Gasteiger partial charge < -0.3 is 19.9 Å². The van der Waals surface area contributed by atoms with Gasteiger partial charge in [0.25, 0.3) is 0 Å². The summed E-state index contributed by atoms with van der Waals surface area (Å²) in [6.07, 6.45) is 7.29. The molecule has 44 heavy (non-hydrogen) atoms. The van der Waals surface area contributed by atoms with Gasteiger partial charge in [-0.2, -0.15) is 5.10 Å². The largest absolute Gasteiger partial charge is 0.492 e. The molecule has 1 aromatic carbocycles. The Morgan fingerprint density at radius 1 is 1.02 bits per heavy atom. The average molecular weight is 593 g/mol. The van der Waals surface area contributed by atoms with Crippen LogP contribution in [0.2, 0.25) is 0 Å². The molecule has 224 valence electrons. The summed E-state index contributed by atoms with van der Waals surface area (Å²) < 4.78 is 20.5. The number of H-pyrrole nitrogens is 2. The number of carbonyl (C=O) groups excluding carboxylic acids is 1. The van der Waals surface area contributed by atoms with Gasteiger partial charge in [-0.25, -0.2) is 9.37 Å². The molecule has 0 fully saturated rings. The molecule has 6 aromatic rings. The molecule has 0 bridgehead atoms. The minimum Gasteiger partial charge on any atom is -0.492 e. The molecule has 0 aliphatic rings. The van der Waals surface area contributed by atoms with Crippen LogP contribution < -0.4 is 10.1 Å². The number of hydrogen-bond donors (Lipinski definition) is 3. The van der Waals surface area contributed by atoms with Gasteiger partial charge in [0.15, 0.2) is 0 Å². The van der Waals surface area contributed by atoms with Gasteiger partial charge >= 0.3 is 0 Å². The van der Waals surface area contributed by atoms with E-state index in [4.69, 9.17) is 9.72 Å². The first-order valence-corrected chi connectivity index (χ1v) is 14.5. The number of amides is 1. The highest BCUT2D eigenvalue weighted by atomic mass is 19.1. The molecule has 0 saturated heterocycles. The van der Waals surface area contributed by atoms with Gasteiger partial charge in [-0.15, -0.1) is 0 Å². The molecule has 0 saturated carbocycles. The predicted octanol–water partition coefficient (Wildman–Crippen LogP) is 6.44. The molecule has 1 amide bonds. The summed E-state index contributed by atoms with van der Waals surface area (Å²) in [5.41, 5.74) is 6.95. The first-order chi connectivity index (χ1) is 21.4. The standard InChI is InChI=1S/C33H33FN8O2/c1-4-5-6-30(43)37-23-14-21(18-35-19-23)26-7-8-28-32(39-26)33(41-40-28)29-17-25-27(38-29)9-10-36-31(25)20-13-22(34)16-24(15-20)44-12-11-42(2)3/h7-10,13-19,38H,4-6,11-12H2,1-3H3,(H,37,43)(H,40,41). The molecule has 10 nitrogen and oxygen atoms in total. The van der Waals surface area contributed by atoms with Gasteiger partial charge in [0.05, 0.1) is 34.5 Å². The van der Waals surface area contributed by atoms with Gasteiger partial charge in [-0.05, 0) is 63.0 Å². The van der Waals surface area contributed by atoms with E-state index in [1.807, 2.05) is 49.3 Å². The van der Waals surface area contributed by atoms with Crippen molar-refractivity contribution in [2.45, 2.75) is 26.2 Å². The summed E-state index contributed by atoms with van der Waals surface area (Å²) >= 11 is 0. The third-order valence-electron chi connectivity index (χ3n) is 7.24. The maximum Gasteiger partial charge on any atom is 0.224 e. The van der Waals surface area contributed by atoms with Crippen LogP contribution >= 0.6 is 0 Å². The molecule has 5 aromatic heterocycles. The second-order valence-electron chi connectivity index (χ2n) is 10.9. The van der Waals surface area contributed by atoms with E-state index in [2.05, 4.69) is 37.4 Å². The zero-order valence-corrected chi connectivity index (χ0v) is 24.8. The highest BCUT2D eigenvalue weighted by Crippen LogP contribution is 2.34. The van der Waals surface area contributed by atoms with Crippen molar-refractivity contribution in [1.29, 1.82) is 0 Å². The van der Waals surface area contributed by atoms with Crippen LogP contribution in [0.15, 0.2) is 67.1 Å². The quantitative estimate of drug-likeness (QED) is 0.158. The molecular formula is C33H33FN8O2. The monoisotopic (exact) mass is 592 g/mol. The Morgan fingerprint density at radius 2 is 1.91 bits per heavy atom. The number of hydrogen-bond acceptors (Lipinski definition) is 7. The number of anilines is 1. The van der Waals surface area contributed by atoms with Crippen LogP contribution in [-0.4, -0.2) is 68.2 Å². The molecule has 3 N–H and O–H groups in total. The number of pyridine rings is 3. The Bertz CT molecular complexity index is 1950. The van der Waals surface area contributed by atoms with E-state index in [0.29, 0.717) is 59.2 Å². The SMILES string of the molecule is CCCCC(=O)Nc1cncc(-c2ccc3[nH]nc(-c4cc5c(-c6cc(F)cc(OCCN(C)C)c6)nccc5[nH]4)c3n2)c1. The second kappa shape index (κ2) is 12.6. The lowest BCUT2D eigenvalue weighted by Crippen LogP contribution is -2.19. The molecule has 0 unspecified atom stereocenters. The van der Waals surface area contributed by atoms with Crippen LogP contribution in [0.1, 0.15) is 26.2 Å². The fourth-order valence-electron chi connectivity index (χ4n) is 5.00. The van der Waals surface area contributed by atoms with Crippen molar-refractivity contribution in [3.05, 3.63) is 72.9 Å². The highest BCUT2D eigenvalue weighted by molar-refractivity contribution is 5.99. The number of aromatic amines is 2. The first-order valence-electron chi connectivity index (χ1n) is 14.5. The smallest absolute Gasteiger partial charge is 0.224 e. The van der Waals surface area contributed by atoms with Gasteiger partial charge in [0.1, 0.15) is 29.4 Å². The summed E-state index contributed by atoms with van der Waals surface area (Å²) in [5.74, 6) is 0.0156. The van der Waals surface area contributed by atoms with E-state index in [1.54, 1.807) is 24.7 Å². The van der Waals surface area contributed by atoms with Gasteiger partial charge in [0.2, 0.25) is 5.91 Å². The predicted molar refractivity (Wildman–Crippen MR) is 170 cm³/mol. The Balaban J connectivity index is 1.33. The van der Waals surface area contributed by atoms with Crippen LogP contribution in [0.3, 0.4) is 0 Å². The number of ether oxygens (including phenoxy) is 1. The lowest BCUT2D eigenvalue weighted by molar-refractivity contribution is -0.116. The molecule has 0 aliphatic heterocycles. The van der Waals surface area contributed by atoms with E-state index in [-0.39, 0.29) is 5.91 Å². The number of likely N-dealkylation sites (N-methyl/N-ethyl adjacent to an activating group) is 1. The zero-order valence-electron chi connectivity index (χ0n) is 24.8. The van der Waals surface area contributed by atoms with Crippen LogP contribution in [-0.2, 0) is 4.79 Å². The third-order valence-corrected chi connectivity index (χ3v) is 7.24. The third kappa shape index (κ3) is 6.28. The molecule has 0 aliphatic carbocycles. The van der Waals surface area contributed by atoms with E-state index >= 15 is 0 Å². The van der Waals surface area contributed by atoms with Gasteiger partial charge in [0, 0.05) is 53.5 Å². The maximum absolute atomic E-state index is 14.6. The summed E-state index contributed by atoms with van der Waals surface area (Å²) in [7, 11) is 3.91. The summed E-state index contributed by atoms with van der Waals surface area (Å²) in [4.78, 5) is 31.5. The Hall–Kier alpha value is -5.16. The lowest BCUT2D eigenvalue weighted by Gasteiger charge is -2.12. The maximum atomic E-state index is 14.6. The zero-order chi connectivity index (χ0) is 30.6. The molecule has 0 spiro atoms. The molecule has 5 heterocycles. The average Bonchev–Trinajstić information content (AvgIpc) is 3.63. The summed E-state index contributed by atoms with van der Waals surface area (Å²) in [6, 6.07) is 14.1. The highest BCUT2D eigenvalue weighted by Gasteiger charge is 2.17. The van der Waals surface area contributed by atoms with E-state index in [9.17, 15) is 9.18 Å². The van der Waals surface area contributed by atoms with Crippen molar-refractivity contribution in [1.82, 2.24) is 35.0 Å². The number of carbonyl (C=O) groups is 1. The lowest BCUT2D eigenvalue weighted by atomic mass is 10.1. The molecular weight excluding hydrogens is 559 g/mol. The van der Waals surface area contributed by atoms with E-state index in [1.165, 1.54) is 12.1 Å². The second-order valence-corrected chi connectivity index (χ2v) is 10.9. The number of unbranched alkanes of at least 4 members (excludes halogenated alkanes) is 1. The number of aromatic nitrogens is 6. The molecule has 0 radical (unpaired) electrons. The fraction of sp³-hybridized carbons (Fsp3) is 0.242. The molecule has 11 heteroatoms. The van der Waals surface area contributed by atoms with Crippen molar-refractivity contribution < 1.29 is 13.9 Å². The minimum absolute atomic E-state index is 0.0367. The summed E-state index contributed by atoms with van der Waals surface area (Å²) in [5, 5.41) is 11.4. The topological polar surface area (TPSA) is 125 Å². The molecule has 6 rings (SSSR count). The van der Waals surface area contributed by atoms with Crippen LogP contribution in [0.5, 0.6) is 5.75 Å². The Kier molecular flexibility index (Phi) is 8.29. The van der Waals surface area contributed by atoms with E-state index in [0.717, 1.165) is 40.5 Å². The molecule has 0 atom stereocenters. The van der Waals surface area contributed by atoms with Crippen LogP contribution in [0.25, 0.3) is 55.8 Å². The Morgan fingerprint density at radius 3 is 2.75 bits per heavy atom. The number of fused-ring (bicyclic) bond motifs is 2. The van der Waals surface area contributed by atoms with Crippen molar-refractivity contribution >= 4 is 33.5 Å². The van der Waals surface area contributed by atoms with Crippen LogP contribution in [0.4, 0.5) is 10.1 Å². The number of halogens is 1. The number of rotatable bonds is 11. The van der Waals surface area contributed by atoms with Crippen molar-refractivity contribution in [3.8, 4) is 39.7 Å². The van der Waals surface area contributed by atoms with Crippen molar-refractivity contribution in [2.75, 3.05) is 32.6 Å². The fourth-order valence-corrected chi connectivity index (χ4v) is 5.00. The Labute approximate surface area is 253 Å². The van der Waals surface area contributed by atoms with Crippen LogP contribution in [0, 0.1) is 5.82 Å². The number of benzene rings is 1. The van der Waals surface area contributed by atoms with Crippen molar-refractivity contribution in [2.24, 2.45) is 0 Å². The van der Waals surface area contributed by atoms with Gasteiger partial charge in [-0.3, -0.25) is 19.9 Å². The first kappa shape index (κ1) is 28.9. The number of nitrogens with one attached hydrogen (secondary N) is 3. The van der Waals surface area contributed by atoms with Gasteiger partial charge in [-0.1, -0.05) is 13.3 Å².